The van der Waals surface area contributed by atoms with Gasteiger partial charge in [-0.2, -0.15) is 15.1 Å². The van der Waals surface area contributed by atoms with Gasteiger partial charge in [0, 0.05) is 6.54 Å². The Hall–Kier alpha value is -1.93. The zero-order valence-electron chi connectivity index (χ0n) is 11.6. The summed E-state index contributed by atoms with van der Waals surface area (Å²) in [4.78, 5) is 8.69. The minimum atomic E-state index is -0.861. The first-order valence-electron chi connectivity index (χ1n) is 6.57. The molecule has 0 radical (unpaired) electrons. The summed E-state index contributed by atoms with van der Waals surface area (Å²) in [5.41, 5.74) is -0.264. The average Bonchev–Trinajstić information content (AvgIpc) is 2.93. The maximum Gasteiger partial charge on any atom is 0.226 e. The molecule has 0 spiro atoms. The number of rotatable bonds is 7. The molecular weight excluding hydrogens is 260 g/mol. The number of H-pyrrole nitrogens is 1. The predicted molar refractivity (Wildman–Crippen MR) is 76.7 cm³/mol. The molecule has 0 saturated carbocycles. The van der Waals surface area contributed by atoms with E-state index in [9.17, 15) is 10.2 Å². The van der Waals surface area contributed by atoms with Crippen LogP contribution in [0.5, 0.6) is 0 Å². The molecule has 2 heterocycles. The molecule has 0 amide bonds. The number of fused-ring (bicyclic) bond motifs is 1. The van der Waals surface area contributed by atoms with Gasteiger partial charge < -0.3 is 20.8 Å². The van der Waals surface area contributed by atoms with Crippen LogP contribution in [0.4, 0.5) is 11.8 Å². The van der Waals surface area contributed by atoms with E-state index in [0.717, 1.165) is 13.0 Å². The van der Waals surface area contributed by atoms with Crippen LogP contribution in [0, 0.1) is 0 Å². The van der Waals surface area contributed by atoms with Gasteiger partial charge in [-0.05, 0) is 13.3 Å². The van der Waals surface area contributed by atoms with Gasteiger partial charge in [-0.3, -0.25) is 5.10 Å². The van der Waals surface area contributed by atoms with Crippen molar-refractivity contribution >= 4 is 22.8 Å². The van der Waals surface area contributed by atoms with Crippen molar-refractivity contribution in [2.75, 3.05) is 30.4 Å². The maximum absolute atomic E-state index is 9.38. The molecule has 0 aliphatic rings. The van der Waals surface area contributed by atoms with Gasteiger partial charge in [-0.25, -0.2) is 0 Å². The fourth-order valence-electron chi connectivity index (χ4n) is 1.66. The van der Waals surface area contributed by atoms with Gasteiger partial charge in [-0.1, -0.05) is 6.92 Å². The number of nitrogens with one attached hydrogen (secondary N) is 3. The zero-order valence-corrected chi connectivity index (χ0v) is 11.6. The Morgan fingerprint density at radius 1 is 1.30 bits per heavy atom. The lowest BCUT2D eigenvalue weighted by molar-refractivity contribution is 0.147. The van der Waals surface area contributed by atoms with Crippen LogP contribution >= 0.6 is 0 Å². The monoisotopic (exact) mass is 280 g/mol. The van der Waals surface area contributed by atoms with Gasteiger partial charge in [0.15, 0.2) is 5.65 Å². The molecule has 110 valence electrons. The second-order valence-electron chi connectivity index (χ2n) is 4.96. The topological polar surface area (TPSA) is 119 Å². The molecule has 2 aromatic rings. The minimum absolute atomic E-state index is 0.218. The Kier molecular flexibility index (Phi) is 4.35. The number of nitrogens with zero attached hydrogens (tertiary/aromatic N) is 3. The van der Waals surface area contributed by atoms with Gasteiger partial charge in [0.05, 0.1) is 30.3 Å². The number of anilines is 2. The molecule has 5 N–H and O–H groups in total. The Morgan fingerprint density at radius 2 is 2.05 bits per heavy atom. The summed E-state index contributed by atoms with van der Waals surface area (Å²) in [6.07, 6.45) is 2.56. The largest absolute Gasteiger partial charge is 0.394 e. The first-order chi connectivity index (χ1) is 9.61. The molecule has 0 bridgehead atoms. The molecule has 0 atom stereocenters. The van der Waals surface area contributed by atoms with E-state index in [2.05, 4.69) is 37.7 Å². The minimum Gasteiger partial charge on any atom is -0.394 e. The molecule has 0 aliphatic heterocycles. The van der Waals surface area contributed by atoms with E-state index in [1.165, 1.54) is 0 Å². The lowest BCUT2D eigenvalue weighted by atomic mass is 10.1. The van der Waals surface area contributed by atoms with Crippen LogP contribution in [0.2, 0.25) is 0 Å². The smallest absolute Gasteiger partial charge is 0.226 e. The standard InChI is InChI=1S/C12H20N6O2/c1-3-4-13-11-15-9(17-12(2,6-19)7-20)8-5-14-18-10(8)16-11/h5,19-20H,3-4,6-7H2,1-2H3,(H3,13,14,15,16,17,18). The van der Waals surface area contributed by atoms with Crippen LogP contribution < -0.4 is 10.6 Å². The molecule has 2 rings (SSSR count). The number of aliphatic hydroxyl groups excluding tert-OH is 2. The third-order valence-electron chi connectivity index (χ3n) is 2.96. The number of aliphatic hydroxyl groups is 2. The van der Waals surface area contributed by atoms with Gasteiger partial charge in [-0.15, -0.1) is 0 Å². The Bertz CT molecular complexity index is 566. The highest BCUT2D eigenvalue weighted by Crippen LogP contribution is 2.23. The van der Waals surface area contributed by atoms with Crippen LogP contribution in [0.15, 0.2) is 6.20 Å². The van der Waals surface area contributed by atoms with E-state index in [-0.39, 0.29) is 13.2 Å². The lowest BCUT2D eigenvalue weighted by Gasteiger charge is -2.27. The van der Waals surface area contributed by atoms with Gasteiger partial charge in [0.2, 0.25) is 5.95 Å². The number of aromatic amines is 1. The van der Waals surface area contributed by atoms with Crippen molar-refractivity contribution in [1.29, 1.82) is 0 Å². The van der Waals surface area contributed by atoms with Crippen molar-refractivity contribution in [2.45, 2.75) is 25.8 Å². The maximum atomic E-state index is 9.38. The SMILES string of the molecule is CCCNc1nc(NC(C)(CO)CO)c2cn[nH]c2n1. The predicted octanol–water partition coefficient (Wildman–Crippen LogP) is 0.330. The molecule has 8 nitrogen and oxygen atoms in total. The fraction of sp³-hybridized carbons (Fsp3) is 0.583. The zero-order chi connectivity index (χ0) is 14.6. The number of aromatic nitrogens is 4. The van der Waals surface area contributed by atoms with E-state index < -0.39 is 5.54 Å². The summed E-state index contributed by atoms with van der Waals surface area (Å²) in [6.45, 7) is 4.08. The van der Waals surface area contributed by atoms with E-state index in [1.807, 2.05) is 0 Å². The number of hydrogen-bond donors (Lipinski definition) is 5. The van der Waals surface area contributed by atoms with E-state index in [1.54, 1.807) is 13.1 Å². The second kappa shape index (κ2) is 6.02. The van der Waals surface area contributed by atoms with Crippen molar-refractivity contribution in [2.24, 2.45) is 0 Å². The summed E-state index contributed by atoms with van der Waals surface area (Å²) in [7, 11) is 0. The van der Waals surface area contributed by atoms with Crippen LogP contribution in [0.1, 0.15) is 20.3 Å². The van der Waals surface area contributed by atoms with Gasteiger partial charge in [0.25, 0.3) is 0 Å². The van der Waals surface area contributed by atoms with Crippen molar-refractivity contribution in [3.63, 3.8) is 0 Å². The highest BCUT2D eigenvalue weighted by atomic mass is 16.3. The molecule has 0 fully saturated rings. The molecule has 0 aromatic carbocycles. The summed E-state index contributed by atoms with van der Waals surface area (Å²) < 4.78 is 0. The molecule has 20 heavy (non-hydrogen) atoms. The summed E-state index contributed by atoms with van der Waals surface area (Å²) >= 11 is 0. The first kappa shape index (κ1) is 14.5. The van der Waals surface area contributed by atoms with E-state index in [4.69, 9.17) is 0 Å². The van der Waals surface area contributed by atoms with Crippen molar-refractivity contribution in [3.8, 4) is 0 Å². The highest BCUT2D eigenvalue weighted by molar-refractivity contribution is 5.87. The van der Waals surface area contributed by atoms with Crippen molar-refractivity contribution in [3.05, 3.63) is 6.20 Å². The van der Waals surface area contributed by atoms with Crippen molar-refractivity contribution in [1.82, 2.24) is 20.2 Å². The molecule has 0 unspecified atom stereocenters. The molecule has 8 heteroatoms. The Morgan fingerprint density at radius 3 is 2.70 bits per heavy atom. The van der Waals surface area contributed by atoms with Crippen LogP contribution in [-0.2, 0) is 0 Å². The summed E-state index contributed by atoms with van der Waals surface area (Å²) in [6, 6.07) is 0. The third kappa shape index (κ3) is 2.97. The van der Waals surface area contributed by atoms with E-state index in [0.29, 0.717) is 22.8 Å². The van der Waals surface area contributed by atoms with Crippen molar-refractivity contribution < 1.29 is 10.2 Å². The molecule has 2 aromatic heterocycles. The quantitative estimate of drug-likeness (QED) is 0.496. The number of hydrogen-bond acceptors (Lipinski definition) is 7. The fourth-order valence-corrected chi connectivity index (χ4v) is 1.66. The molecular formula is C12H20N6O2. The summed E-state index contributed by atoms with van der Waals surface area (Å²) in [5, 5.41) is 32.3. The van der Waals surface area contributed by atoms with E-state index >= 15 is 0 Å². The molecule has 0 aliphatic carbocycles. The summed E-state index contributed by atoms with van der Waals surface area (Å²) in [5.74, 6) is 0.997. The first-order valence-corrected chi connectivity index (χ1v) is 6.57. The Balaban J connectivity index is 2.36. The third-order valence-corrected chi connectivity index (χ3v) is 2.96. The molecule has 0 saturated heterocycles. The lowest BCUT2D eigenvalue weighted by Crippen LogP contribution is -2.42. The van der Waals surface area contributed by atoms with Crippen LogP contribution in [0.25, 0.3) is 11.0 Å². The van der Waals surface area contributed by atoms with Gasteiger partial charge in [0.1, 0.15) is 5.82 Å². The van der Waals surface area contributed by atoms with Gasteiger partial charge >= 0.3 is 0 Å². The van der Waals surface area contributed by atoms with Crippen LogP contribution in [0.3, 0.4) is 0 Å². The Labute approximate surface area is 116 Å². The second-order valence-corrected chi connectivity index (χ2v) is 4.96. The normalized spacial score (nSPS) is 11.8. The highest BCUT2D eigenvalue weighted by Gasteiger charge is 2.24. The van der Waals surface area contributed by atoms with Crippen LogP contribution in [-0.4, -0.2) is 55.7 Å². The average molecular weight is 280 g/mol.